The molecule has 0 saturated carbocycles. The Bertz CT molecular complexity index is 274. The van der Waals surface area contributed by atoms with Crippen LogP contribution in [0.2, 0.25) is 0 Å². The summed E-state index contributed by atoms with van der Waals surface area (Å²) in [7, 11) is 0. The molecule has 0 bridgehead atoms. The van der Waals surface area contributed by atoms with Gasteiger partial charge in [-0.05, 0) is 20.3 Å². The predicted molar refractivity (Wildman–Crippen MR) is 77.5 cm³/mol. The molecular formula is C14H29N3O2. The summed E-state index contributed by atoms with van der Waals surface area (Å²) in [6.45, 7) is 13.6. The molecule has 5 heteroatoms. The number of piperazine rings is 1. The Balaban J connectivity index is 2.30. The minimum atomic E-state index is -0.741. The smallest absolute Gasteiger partial charge is 0.320 e. The second-order valence-corrected chi connectivity index (χ2v) is 5.97. The highest BCUT2D eigenvalue weighted by Crippen LogP contribution is 2.07. The SMILES string of the molecule is CC(C)NC(CCN1CCN(C(C)C)CC1)C(=O)O. The van der Waals surface area contributed by atoms with Gasteiger partial charge in [0.25, 0.3) is 0 Å². The molecule has 0 spiro atoms. The Morgan fingerprint density at radius 2 is 1.74 bits per heavy atom. The van der Waals surface area contributed by atoms with E-state index in [2.05, 4.69) is 29.0 Å². The van der Waals surface area contributed by atoms with Crippen LogP contribution in [0.25, 0.3) is 0 Å². The number of hydrogen-bond donors (Lipinski definition) is 2. The normalized spacial score (nSPS) is 20.1. The zero-order chi connectivity index (χ0) is 14.4. The molecule has 0 aliphatic carbocycles. The number of hydrogen-bond acceptors (Lipinski definition) is 4. The van der Waals surface area contributed by atoms with E-state index in [1.54, 1.807) is 0 Å². The number of carboxylic acids is 1. The minimum absolute atomic E-state index is 0.207. The van der Waals surface area contributed by atoms with Crippen molar-refractivity contribution >= 4 is 5.97 Å². The van der Waals surface area contributed by atoms with Crippen molar-refractivity contribution in [2.75, 3.05) is 32.7 Å². The summed E-state index contributed by atoms with van der Waals surface area (Å²) >= 11 is 0. The first-order valence-corrected chi connectivity index (χ1v) is 7.35. The average Bonchev–Trinajstić information content (AvgIpc) is 2.34. The molecule has 0 aromatic carbocycles. The zero-order valence-electron chi connectivity index (χ0n) is 12.7. The van der Waals surface area contributed by atoms with E-state index in [9.17, 15) is 9.90 Å². The largest absolute Gasteiger partial charge is 0.480 e. The summed E-state index contributed by atoms with van der Waals surface area (Å²) in [6, 6.07) is 0.388. The molecule has 1 rings (SSSR count). The van der Waals surface area contributed by atoms with Crippen LogP contribution in [0.1, 0.15) is 34.1 Å². The number of nitrogens with zero attached hydrogens (tertiary/aromatic N) is 2. The Labute approximate surface area is 117 Å². The van der Waals surface area contributed by atoms with Crippen molar-refractivity contribution in [2.24, 2.45) is 0 Å². The standard InChI is InChI=1S/C14H29N3O2/c1-11(2)15-13(14(18)19)5-6-16-7-9-17(10-8-16)12(3)4/h11-13,15H,5-10H2,1-4H3,(H,18,19). The third-order valence-corrected chi connectivity index (χ3v) is 3.70. The lowest BCUT2D eigenvalue weighted by Gasteiger charge is -2.37. The van der Waals surface area contributed by atoms with Crippen molar-refractivity contribution in [1.29, 1.82) is 0 Å². The maximum absolute atomic E-state index is 11.2. The van der Waals surface area contributed by atoms with Crippen LogP contribution in [0, 0.1) is 0 Å². The van der Waals surface area contributed by atoms with Gasteiger partial charge in [-0.1, -0.05) is 13.8 Å². The van der Waals surface area contributed by atoms with Crippen LogP contribution in [-0.2, 0) is 4.79 Å². The van der Waals surface area contributed by atoms with Gasteiger partial charge < -0.3 is 15.3 Å². The third kappa shape index (κ3) is 5.89. The average molecular weight is 271 g/mol. The van der Waals surface area contributed by atoms with Crippen LogP contribution in [0.5, 0.6) is 0 Å². The lowest BCUT2D eigenvalue weighted by molar-refractivity contribution is -0.140. The van der Waals surface area contributed by atoms with Crippen molar-refractivity contribution in [2.45, 2.75) is 52.2 Å². The van der Waals surface area contributed by atoms with Gasteiger partial charge in [0, 0.05) is 44.8 Å². The summed E-state index contributed by atoms with van der Waals surface area (Å²) in [5, 5.41) is 12.3. The van der Waals surface area contributed by atoms with E-state index in [1.165, 1.54) is 0 Å². The molecule has 112 valence electrons. The number of nitrogens with one attached hydrogen (secondary N) is 1. The molecule has 0 radical (unpaired) electrons. The van der Waals surface area contributed by atoms with E-state index in [0.717, 1.165) is 32.7 Å². The van der Waals surface area contributed by atoms with Crippen LogP contribution < -0.4 is 5.32 Å². The number of carboxylic acid groups (broad SMARTS) is 1. The van der Waals surface area contributed by atoms with Crippen molar-refractivity contribution < 1.29 is 9.90 Å². The Kier molecular flexibility index (Phi) is 6.75. The fourth-order valence-corrected chi connectivity index (χ4v) is 2.50. The molecule has 1 aliphatic rings. The molecule has 0 aromatic heterocycles. The first-order chi connectivity index (χ1) is 8.90. The highest BCUT2D eigenvalue weighted by atomic mass is 16.4. The topological polar surface area (TPSA) is 55.8 Å². The number of aliphatic carboxylic acids is 1. The summed E-state index contributed by atoms with van der Waals surface area (Å²) in [6.07, 6.45) is 0.676. The van der Waals surface area contributed by atoms with Crippen molar-refractivity contribution in [3.05, 3.63) is 0 Å². The molecule has 19 heavy (non-hydrogen) atoms. The van der Waals surface area contributed by atoms with E-state index in [1.807, 2.05) is 13.8 Å². The second-order valence-electron chi connectivity index (χ2n) is 5.97. The van der Waals surface area contributed by atoms with Gasteiger partial charge in [0.05, 0.1) is 0 Å². The highest BCUT2D eigenvalue weighted by Gasteiger charge is 2.22. The summed E-state index contributed by atoms with van der Waals surface area (Å²) in [5.41, 5.74) is 0. The maximum Gasteiger partial charge on any atom is 0.320 e. The molecule has 1 aliphatic heterocycles. The third-order valence-electron chi connectivity index (χ3n) is 3.70. The number of carbonyl (C=O) groups is 1. The van der Waals surface area contributed by atoms with Gasteiger partial charge in [-0.3, -0.25) is 9.69 Å². The maximum atomic E-state index is 11.2. The van der Waals surface area contributed by atoms with Crippen LogP contribution in [-0.4, -0.2) is 71.7 Å². The second kappa shape index (κ2) is 7.82. The molecule has 0 aromatic rings. The van der Waals surface area contributed by atoms with Gasteiger partial charge in [-0.2, -0.15) is 0 Å². The number of rotatable bonds is 7. The van der Waals surface area contributed by atoms with E-state index in [-0.39, 0.29) is 6.04 Å². The van der Waals surface area contributed by atoms with Gasteiger partial charge in [0.15, 0.2) is 0 Å². The van der Waals surface area contributed by atoms with Crippen LogP contribution in [0.4, 0.5) is 0 Å². The lowest BCUT2D eigenvalue weighted by Crippen LogP contribution is -2.50. The van der Waals surface area contributed by atoms with Crippen molar-refractivity contribution in [3.63, 3.8) is 0 Å². The summed E-state index contributed by atoms with van der Waals surface area (Å²) < 4.78 is 0. The Morgan fingerprint density at radius 3 is 2.16 bits per heavy atom. The Morgan fingerprint density at radius 1 is 1.16 bits per heavy atom. The van der Waals surface area contributed by atoms with E-state index in [0.29, 0.717) is 12.5 Å². The first kappa shape index (κ1) is 16.4. The van der Waals surface area contributed by atoms with Crippen molar-refractivity contribution in [3.8, 4) is 0 Å². The monoisotopic (exact) mass is 271 g/mol. The van der Waals surface area contributed by atoms with Gasteiger partial charge in [0.2, 0.25) is 0 Å². The highest BCUT2D eigenvalue weighted by molar-refractivity contribution is 5.73. The molecule has 1 heterocycles. The molecular weight excluding hydrogens is 242 g/mol. The summed E-state index contributed by atoms with van der Waals surface area (Å²) in [4.78, 5) is 16.0. The van der Waals surface area contributed by atoms with Crippen LogP contribution >= 0.6 is 0 Å². The van der Waals surface area contributed by atoms with Gasteiger partial charge in [0.1, 0.15) is 6.04 Å². The van der Waals surface area contributed by atoms with E-state index in [4.69, 9.17) is 0 Å². The molecule has 0 amide bonds. The quantitative estimate of drug-likeness (QED) is 0.719. The van der Waals surface area contributed by atoms with Crippen molar-refractivity contribution in [1.82, 2.24) is 15.1 Å². The molecule has 1 saturated heterocycles. The van der Waals surface area contributed by atoms with E-state index < -0.39 is 12.0 Å². The minimum Gasteiger partial charge on any atom is -0.480 e. The Hall–Kier alpha value is -0.650. The first-order valence-electron chi connectivity index (χ1n) is 7.35. The zero-order valence-corrected chi connectivity index (χ0v) is 12.7. The van der Waals surface area contributed by atoms with Crippen LogP contribution in [0.3, 0.4) is 0 Å². The van der Waals surface area contributed by atoms with Gasteiger partial charge >= 0.3 is 5.97 Å². The fourth-order valence-electron chi connectivity index (χ4n) is 2.50. The lowest BCUT2D eigenvalue weighted by atomic mass is 10.1. The van der Waals surface area contributed by atoms with E-state index >= 15 is 0 Å². The van der Waals surface area contributed by atoms with Gasteiger partial charge in [-0.25, -0.2) is 0 Å². The predicted octanol–water partition coefficient (Wildman–Crippen LogP) is 0.854. The fraction of sp³-hybridized carbons (Fsp3) is 0.929. The molecule has 2 N–H and O–H groups in total. The molecule has 5 nitrogen and oxygen atoms in total. The molecule has 1 unspecified atom stereocenters. The van der Waals surface area contributed by atoms with Crippen LogP contribution in [0.15, 0.2) is 0 Å². The summed E-state index contributed by atoms with van der Waals surface area (Å²) in [5.74, 6) is -0.741. The van der Waals surface area contributed by atoms with Gasteiger partial charge in [-0.15, -0.1) is 0 Å². The molecule has 1 fully saturated rings. The molecule has 1 atom stereocenters.